The van der Waals surface area contributed by atoms with Crippen LogP contribution in [0.3, 0.4) is 0 Å². The number of nitrogens with one attached hydrogen (secondary N) is 1. The third-order valence-corrected chi connectivity index (χ3v) is 6.91. The van der Waals surface area contributed by atoms with Gasteiger partial charge in [0, 0.05) is 10.7 Å². The SMILES string of the molecule is COc1cc(/C=C2\SC(=O)N(CCOc3cccc(C)c3)C2=O)cc(Cl)c1OCC(=O)Nc1ccc(Cl)cc1. The van der Waals surface area contributed by atoms with Crippen LogP contribution < -0.4 is 19.5 Å². The number of benzene rings is 3. The summed E-state index contributed by atoms with van der Waals surface area (Å²) in [6, 6.07) is 17.3. The maximum absolute atomic E-state index is 12.9. The normalized spacial score (nSPS) is 14.1. The van der Waals surface area contributed by atoms with Crippen molar-refractivity contribution in [2.45, 2.75) is 6.92 Å². The number of imide groups is 1. The van der Waals surface area contributed by atoms with Crippen molar-refractivity contribution in [3.63, 3.8) is 0 Å². The van der Waals surface area contributed by atoms with E-state index >= 15 is 0 Å². The summed E-state index contributed by atoms with van der Waals surface area (Å²) in [4.78, 5) is 39.0. The van der Waals surface area contributed by atoms with Gasteiger partial charge in [0.1, 0.15) is 12.4 Å². The van der Waals surface area contributed by atoms with Gasteiger partial charge in [-0.05, 0) is 84.4 Å². The average molecular weight is 587 g/mol. The van der Waals surface area contributed by atoms with Gasteiger partial charge in [-0.15, -0.1) is 0 Å². The molecule has 0 spiro atoms. The van der Waals surface area contributed by atoms with Gasteiger partial charge < -0.3 is 19.5 Å². The number of hydrogen-bond donors (Lipinski definition) is 1. The fraction of sp³-hybridized carbons (Fsp3) is 0.179. The standard InChI is InChI=1S/C28H24Cl2N2O6S/c1-17-4-3-5-21(12-17)37-11-10-32-27(34)24(39-28(32)35)15-18-13-22(30)26(23(14-18)36-2)38-16-25(33)31-20-8-6-19(29)7-9-20/h3-9,12-15H,10-11,16H2,1-2H3,(H,31,33)/b24-15-. The fourth-order valence-electron chi connectivity index (χ4n) is 3.64. The van der Waals surface area contributed by atoms with Crippen molar-refractivity contribution in [2.24, 2.45) is 0 Å². The van der Waals surface area contributed by atoms with E-state index in [1.165, 1.54) is 7.11 Å². The highest BCUT2D eigenvalue weighted by Crippen LogP contribution is 2.39. The van der Waals surface area contributed by atoms with E-state index < -0.39 is 11.8 Å². The summed E-state index contributed by atoms with van der Waals surface area (Å²) < 4.78 is 16.7. The van der Waals surface area contributed by atoms with Crippen LogP contribution in [0.1, 0.15) is 11.1 Å². The third kappa shape index (κ3) is 7.47. The van der Waals surface area contributed by atoms with Gasteiger partial charge in [0.25, 0.3) is 17.1 Å². The highest BCUT2D eigenvalue weighted by Gasteiger charge is 2.35. The van der Waals surface area contributed by atoms with Gasteiger partial charge in [-0.1, -0.05) is 35.3 Å². The van der Waals surface area contributed by atoms with E-state index in [9.17, 15) is 14.4 Å². The smallest absolute Gasteiger partial charge is 0.293 e. The van der Waals surface area contributed by atoms with E-state index in [0.717, 1.165) is 22.2 Å². The quantitative estimate of drug-likeness (QED) is 0.273. The molecule has 1 saturated heterocycles. The van der Waals surface area contributed by atoms with Crippen LogP contribution in [-0.2, 0) is 9.59 Å². The van der Waals surface area contributed by atoms with E-state index in [4.69, 9.17) is 37.4 Å². The largest absolute Gasteiger partial charge is 0.493 e. The molecule has 1 fully saturated rings. The van der Waals surface area contributed by atoms with Crippen LogP contribution in [0.4, 0.5) is 10.5 Å². The molecule has 3 amide bonds. The van der Waals surface area contributed by atoms with Gasteiger partial charge in [0.05, 0.1) is 23.6 Å². The van der Waals surface area contributed by atoms with Gasteiger partial charge in [-0.2, -0.15) is 0 Å². The zero-order valence-corrected chi connectivity index (χ0v) is 23.4. The minimum absolute atomic E-state index is 0.116. The number of hydrogen-bond acceptors (Lipinski definition) is 7. The van der Waals surface area contributed by atoms with Crippen molar-refractivity contribution in [1.82, 2.24) is 4.90 Å². The first-order valence-corrected chi connectivity index (χ1v) is 13.3. The minimum Gasteiger partial charge on any atom is -0.493 e. The Hall–Kier alpha value is -3.66. The van der Waals surface area contributed by atoms with Crippen molar-refractivity contribution in [1.29, 1.82) is 0 Å². The van der Waals surface area contributed by atoms with Crippen LogP contribution in [0.5, 0.6) is 17.2 Å². The zero-order valence-electron chi connectivity index (χ0n) is 21.0. The van der Waals surface area contributed by atoms with Gasteiger partial charge in [0.2, 0.25) is 0 Å². The molecule has 4 rings (SSSR count). The van der Waals surface area contributed by atoms with Crippen molar-refractivity contribution >= 4 is 63.8 Å². The highest BCUT2D eigenvalue weighted by molar-refractivity contribution is 8.18. The molecule has 3 aromatic rings. The molecule has 1 N–H and O–H groups in total. The maximum atomic E-state index is 12.9. The van der Waals surface area contributed by atoms with E-state index in [2.05, 4.69) is 5.32 Å². The molecule has 1 aliphatic heterocycles. The summed E-state index contributed by atoms with van der Waals surface area (Å²) in [5, 5.41) is 3.03. The molecule has 11 heteroatoms. The molecule has 0 radical (unpaired) electrons. The Morgan fingerprint density at radius 2 is 1.82 bits per heavy atom. The Morgan fingerprint density at radius 3 is 2.54 bits per heavy atom. The number of anilines is 1. The number of methoxy groups -OCH3 is 1. The average Bonchev–Trinajstić information content (AvgIpc) is 3.16. The second-order valence-corrected chi connectivity index (χ2v) is 10.2. The number of amides is 3. The van der Waals surface area contributed by atoms with E-state index in [1.807, 2.05) is 31.2 Å². The predicted molar refractivity (Wildman–Crippen MR) is 153 cm³/mol. The van der Waals surface area contributed by atoms with Crippen LogP contribution in [0, 0.1) is 6.92 Å². The van der Waals surface area contributed by atoms with Gasteiger partial charge in [0.15, 0.2) is 18.1 Å². The third-order valence-electron chi connectivity index (χ3n) is 5.47. The summed E-state index contributed by atoms with van der Waals surface area (Å²) in [6.45, 7) is 1.92. The number of ether oxygens (including phenoxy) is 3. The Kier molecular flexibility index (Phi) is 9.40. The lowest BCUT2D eigenvalue weighted by molar-refractivity contribution is -0.123. The summed E-state index contributed by atoms with van der Waals surface area (Å²) in [6.07, 6.45) is 1.55. The Bertz CT molecular complexity index is 1430. The van der Waals surface area contributed by atoms with Gasteiger partial charge in [-0.3, -0.25) is 19.3 Å². The number of nitrogens with zero attached hydrogens (tertiary/aromatic N) is 1. The molecule has 0 unspecified atom stereocenters. The summed E-state index contributed by atoms with van der Waals surface area (Å²) in [5.41, 5.74) is 2.14. The second-order valence-electron chi connectivity index (χ2n) is 8.38. The maximum Gasteiger partial charge on any atom is 0.293 e. The summed E-state index contributed by atoms with van der Waals surface area (Å²) >= 11 is 13.1. The molecule has 0 bridgehead atoms. The Morgan fingerprint density at radius 1 is 1.05 bits per heavy atom. The summed E-state index contributed by atoms with van der Waals surface area (Å²) in [7, 11) is 1.43. The van der Waals surface area contributed by atoms with E-state index in [0.29, 0.717) is 22.0 Å². The van der Waals surface area contributed by atoms with Crippen LogP contribution in [0.15, 0.2) is 65.6 Å². The van der Waals surface area contributed by atoms with Crippen molar-refractivity contribution in [3.8, 4) is 17.2 Å². The molecule has 1 heterocycles. The number of carbonyl (C=O) groups is 3. The van der Waals surface area contributed by atoms with Crippen LogP contribution in [0.2, 0.25) is 10.0 Å². The van der Waals surface area contributed by atoms with Gasteiger partial charge in [-0.25, -0.2) is 0 Å². The van der Waals surface area contributed by atoms with Crippen molar-refractivity contribution < 1.29 is 28.6 Å². The van der Waals surface area contributed by atoms with Crippen LogP contribution in [0.25, 0.3) is 6.08 Å². The second kappa shape index (κ2) is 12.9. The fourth-order valence-corrected chi connectivity index (χ4v) is 4.90. The molecule has 0 atom stereocenters. The first-order chi connectivity index (χ1) is 18.7. The number of aryl methyl sites for hydroxylation is 1. The molecule has 0 aliphatic carbocycles. The lowest BCUT2D eigenvalue weighted by Crippen LogP contribution is -2.32. The monoisotopic (exact) mass is 586 g/mol. The lowest BCUT2D eigenvalue weighted by atomic mass is 10.1. The Labute approximate surface area is 239 Å². The zero-order chi connectivity index (χ0) is 27.9. The van der Waals surface area contributed by atoms with Gasteiger partial charge >= 0.3 is 0 Å². The first kappa shape index (κ1) is 28.4. The molecule has 0 aromatic heterocycles. The predicted octanol–water partition coefficient (Wildman–Crippen LogP) is 6.44. The van der Waals surface area contributed by atoms with Crippen LogP contribution in [-0.4, -0.2) is 48.8 Å². The van der Waals surface area contributed by atoms with Crippen LogP contribution >= 0.6 is 35.0 Å². The van der Waals surface area contributed by atoms with Crippen molar-refractivity contribution in [3.05, 3.63) is 86.7 Å². The minimum atomic E-state index is -0.424. The topological polar surface area (TPSA) is 94.2 Å². The molecule has 3 aromatic carbocycles. The molecule has 1 aliphatic rings. The van der Waals surface area contributed by atoms with E-state index in [1.54, 1.807) is 42.5 Å². The van der Waals surface area contributed by atoms with Crippen molar-refractivity contribution in [2.75, 3.05) is 32.2 Å². The number of halogens is 2. The highest BCUT2D eigenvalue weighted by atomic mass is 35.5. The lowest BCUT2D eigenvalue weighted by Gasteiger charge is -2.14. The van der Waals surface area contributed by atoms with E-state index in [-0.39, 0.29) is 46.4 Å². The molecular formula is C28H24Cl2N2O6S. The molecule has 8 nitrogen and oxygen atoms in total. The summed E-state index contributed by atoms with van der Waals surface area (Å²) in [5.74, 6) is 0.276. The molecule has 39 heavy (non-hydrogen) atoms. The first-order valence-electron chi connectivity index (χ1n) is 11.7. The molecular weight excluding hydrogens is 563 g/mol. The Balaban J connectivity index is 1.39. The molecule has 202 valence electrons. The molecule has 0 saturated carbocycles. The number of thioether (sulfide) groups is 1. The number of carbonyl (C=O) groups excluding carboxylic acids is 3. The number of rotatable bonds is 10.